The minimum absolute atomic E-state index is 0.0137. The van der Waals surface area contributed by atoms with Gasteiger partial charge in [0.25, 0.3) is 0 Å². The predicted molar refractivity (Wildman–Crippen MR) is 60.0 cm³/mol. The van der Waals surface area contributed by atoms with Crippen LogP contribution in [0, 0.1) is 11.8 Å². The van der Waals surface area contributed by atoms with Crippen molar-refractivity contribution in [3.63, 3.8) is 0 Å². The Balaban J connectivity index is 2.31. The lowest BCUT2D eigenvalue weighted by Gasteiger charge is -2.28. The zero-order valence-electron chi connectivity index (χ0n) is 9.90. The second kappa shape index (κ2) is 5.84. The van der Waals surface area contributed by atoms with Crippen molar-refractivity contribution >= 4 is 11.9 Å². The van der Waals surface area contributed by atoms with Gasteiger partial charge in [0.05, 0.1) is 11.8 Å². The van der Waals surface area contributed by atoms with E-state index in [2.05, 4.69) is 10.2 Å². The third kappa shape index (κ3) is 3.81. The molecule has 1 aliphatic heterocycles. The van der Waals surface area contributed by atoms with Crippen LogP contribution < -0.4 is 5.32 Å². The molecule has 0 aromatic carbocycles. The lowest BCUT2D eigenvalue weighted by atomic mass is 9.97. The van der Waals surface area contributed by atoms with Gasteiger partial charge in [0.15, 0.2) is 0 Å². The number of carbonyl (C=O) groups is 2. The van der Waals surface area contributed by atoms with Crippen molar-refractivity contribution < 1.29 is 14.7 Å². The van der Waals surface area contributed by atoms with E-state index in [0.717, 1.165) is 25.9 Å². The highest BCUT2D eigenvalue weighted by Crippen LogP contribution is 2.14. The van der Waals surface area contributed by atoms with E-state index in [1.54, 1.807) is 6.92 Å². The lowest BCUT2D eigenvalue weighted by molar-refractivity contribution is -0.141. The molecule has 2 atom stereocenters. The van der Waals surface area contributed by atoms with Gasteiger partial charge in [0.2, 0.25) is 5.91 Å². The number of piperidine rings is 1. The van der Waals surface area contributed by atoms with Crippen LogP contribution in [0.4, 0.5) is 0 Å². The van der Waals surface area contributed by atoms with Crippen molar-refractivity contribution in [2.24, 2.45) is 11.8 Å². The van der Waals surface area contributed by atoms with Crippen molar-refractivity contribution in [2.75, 3.05) is 26.7 Å². The molecule has 1 aliphatic rings. The van der Waals surface area contributed by atoms with Crippen LogP contribution in [0.2, 0.25) is 0 Å². The molecule has 0 spiro atoms. The smallest absolute Gasteiger partial charge is 0.308 e. The monoisotopic (exact) mass is 228 g/mol. The Morgan fingerprint density at radius 1 is 1.56 bits per heavy atom. The van der Waals surface area contributed by atoms with E-state index < -0.39 is 11.9 Å². The number of likely N-dealkylation sites (tertiary alicyclic amines) is 1. The van der Waals surface area contributed by atoms with Gasteiger partial charge in [-0.05, 0) is 26.4 Å². The summed E-state index contributed by atoms with van der Waals surface area (Å²) in [7, 11) is 2.00. The first-order valence-electron chi connectivity index (χ1n) is 5.69. The Morgan fingerprint density at radius 3 is 2.81 bits per heavy atom. The molecule has 2 N–H and O–H groups in total. The molecule has 1 amide bonds. The average Bonchev–Trinajstić information content (AvgIpc) is 2.25. The first kappa shape index (κ1) is 13.0. The van der Waals surface area contributed by atoms with Gasteiger partial charge in [-0.3, -0.25) is 9.59 Å². The summed E-state index contributed by atoms with van der Waals surface area (Å²) < 4.78 is 0. The third-order valence-electron chi connectivity index (χ3n) is 3.00. The number of carbonyl (C=O) groups excluding carboxylic acids is 1. The van der Waals surface area contributed by atoms with Crippen molar-refractivity contribution in [1.29, 1.82) is 0 Å². The van der Waals surface area contributed by atoms with E-state index in [9.17, 15) is 9.59 Å². The predicted octanol–water partition coefficient (Wildman–Crippen LogP) is 0.165. The number of rotatable bonds is 4. The number of carboxylic acid groups (broad SMARTS) is 1. The number of hydrogen-bond acceptors (Lipinski definition) is 3. The normalized spacial score (nSPS) is 23.8. The van der Waals surface area contributed by atoms with Crippen molar-refractivity contribution in [1.82, 2.24) is 10.2 Å². The van der Waals surface area contributed by atoms with Gasteiger partial charge in [-0.25, -0.2) is 0 Å². The fraction of sp³-hybridized carbons (Fsp3) is 0.818. The van der Waals surface area contributed by atoms with Gasteiger partial charge >= 0.3 is 5.97 Å². The average molecular weight is 228 g/mol. The summed E-state index contributed by atoms with van der Waals surface area (Å²) in [5.74, 6) is -1.40. The summed E-state index contributed by atoms with van der Waals surface area (Å²) in [4.78, 5) is 24.5. The van der Waals surface area contributed by atoms with Crippen LogP contribution >= 0.6 is 0 Å². The number of aliphatic carboxylic acids is 1. The molecular weight excluding hydrogens is 208 g/mol. The van der Waals surface area contributed by atoms with E-state index in [1.807, 2.05) is 7.05 Å². The van der Waals surface area contributed by atoms with Crippen LogP contribution in [-0.4, -0.2) is 48.6 Å². The van der Waals surface area contributed by atoms with Crippen LogP contribution in [0.1, 0.15) is 19.8 Å². The molecule has 1 rings (SSSR count). The standard InChI is InChI=1S/C11H20N2O3/c1-8(11(15)16)6-12-10(14)9-4-3-5-13(2)7-9/h8-9H,3-7H2,1-2H3,(H,12,14)(H,15,16). The third-order valence-corrected chi connectivity index (χ3v) is 3.00. The lowest BCUT2D eigenvalue weighted by Crippen LogP contribution is -2.43. The van der Waals surface area contributed by atoms with Crippen LogP contribution in [0.25, 0.3) is 0 Å². The topological polar surface area (TPSA) is 69.6 Å². The Morgan fingerprint density at radius 2 is 2.25 bits per heavy atom. The number of amides is 1. The highest BCUT2D eigenvalue weighted by Gasteiger charge is 2.24. The van der Waals surface area contributed by atoms with Crippen molar-refractivity contribution in [2.45, 2.75) is 19.8 Å². The molecule has 0 radical (unpaired) electrons. The maximum Gasteiger partial charge on any atom is 0.308 e. The molecule has 5 nitrogen and oxygen atoms in total. The molecule has 0 bridgehead atoms. The van der Waals surface area contributed by atoms with Gasteiger partial charge in [-0.15, -0.1) is 0 Å². The molecule has 0 saturated carbocycles. The quantitative estimate of drug-likeness (QED) is 0.719. The first-order valence-corrected chi connectivity index (χ1v) is 5.69. The minimum atomic E-state index is -0.874. The summed E-state index contributed by atoms with van der Waals surface area (Å²) in [5, 5.41) is 11.4. The molecule has 0 aliphatic carbocycles. The molecule has 0 aromatic rings. The first-order chi connectivity index (χ1) is 7.50. The summed E-state index contributed by atoms with van der Waals surface area (Å²) in [5.41, 5.74) is 0. The molecule has 1 heterocycles. The van der Waals surface area contributed by atoms with Crippen molar-refractivity contribution in [3.05, 3.63) is 0 Å². The summed E-state index contributed by atoms with van der Waals surface area (Å²) in [6.07, 6.45) is 1.93. The molecule has 0 aromatic heterocycles. The fourth-order valence-electron chi connectivity index (χ4n) is 1.87. The zero-order valence-corrected chi connectivity index (χ0v) is 9.90. The number of nitrogens with zero attached hydrogens (tertiary/aromatic N) is 1. The molecule has 16 heavy (non-hydrogen) atoms. The fourth-order valence-corrected chi connectivity index (χ4v) is 1.87. The number of nitrogens with one attached hydrogen (secondary N) is 1. The van der Waals surface area contributed by atoms with Crippen LogP contribution in [0.15, 0.2) is 0 Å². The Labute approximate surface area is 95.8 Å². The zero-order chi connectivity index (χ0) is 12.1. The van der Waals surface area contributed by atoms with Gasteiger partial charge in [-0.2, -0.15) is 0 Å². The van der Waals surface area contributed by atoms with E-state index >= 15 is 0 Å². The highest BCUT2D eigenvalue weighted by atomic mass is 16.4. The minimum Gasteiger partial charge on any atom is -0.481 e. The summed E-state index contributed by atoms with van der Waals surface area (Å²) >= 11 is 0. The van der Waals surface area contributed by atoms with Gasteiger partial charge < -0.3 is 15.3 Å². The van der Waals surface area contributed by atoms with E-state index in [4.69, 9.17) is 5.11 Å². The van der Waals surface area contributed by atoms with Gasteiger partial charge in [0.1, 0.15) is 0 Å². The second-order valence-corrected chi connectivity index (χ2v) is 4.59. The Hall–Kier alpha value is -1.10. The Bertz CT molecular complexity index is 268. The second-order valence-electron chi connectivity index (χ2n) is 4.59. The van der Waals surface area contributed by atoms with Crippen LogP contribution in [-0.2, 0) is 9.59 Å². The van der Waals surface area contributed by atoms with E-state index in [0.29, 0.717) is 0 Å². The largest absolute Gasteiger partial charge is 0.481 e. The Kier molecular flexibility index (Phi) is 4.73. The summed E-state index contributed by atoms with van der Waals surface area (Å²) in [6.45, 7) is 3.62. The molecule has 1 saturated heterocycles. The maximum absolute atomic E-state index is 11.7. The maximum atomic E-state index is 11.7. The van der Waals surface area contributed by atoms with E-state index in [-0.39, 0.29) is 18.4 Å². The van der Waals surface area contributed by atoms with Crippen molar-refractivity contribution in [3.8, 4) is 0 Å². The number of hydrogen-bond donors (Lipinski definition) is 2. The highest BCUT2D eigenvalue weighted by molar-refractivity contribution is 5.79. The summed E-state index contributed by atoms with van der Waals surface area (Å²) in [6, 6.07) is 0. The number of carboxylic acids is 1. The molecule has 92 valence electrons. The van der Waals surface area contributed by atoms with Crippen LogP contribution in [0.3, 0.4) is 0 Å². The van der Waals surface area contributed by atoms with Crippen LogP contribution in [0.5, 0.6) is 0 Å². The molecular formula is C11H20N2O3. The van der Waals surface area contributed by atoms with E-state index in [1.165, 1.54) is 0 Å². The SMILES string of the molecule is CC(CNC(=O)C1CCCN(C)C1)C(=O)O. The molecule has 2 unspecified atom stereocenters. The molecule has 1 fully saturated rings. The van der Waals surface area contributed by atoms with Gasteiger partial charge in [0, 0.05) is 13.1 Å². The van der Waals surface area contributed by atoms with Gasteiger partial charge in [-0.1, -0.05) is 6.92 Å². The molecule has 5 heteroatoms.